The maximum absolute atomic E-state index is 13.0. The molecule has 88 valence electrons. The monoisotopic (exact) mass is 278 g/mol. The molecular formula is C8HCl2F5O. The number of rotatable bonds is 2. The van der Waals surface area contributed by atoms with E-state index in [1.807, 2.05) is 0 Å². The summed E-state index contributed by atoms with van der Waals surface area (Å²) in [5.74, 6) is -12.9. The third-order valence-electron chi connectivity index (χ3n) is 1.65. The summed E-state index contributed by atoms with van der Waals surface area (Å²) in [5, 5.41) is 0. The molecule has 0 aromatic heterocycles. The highest BCUT2D eigenvalue weighted by molar-refractivity contribution is 6.55. The summed E-state index contributed by atoms with van der Waals surface area (Å²) in [6.45, 7) is 0. The largest absolute Gasteiger partial charge is 0.291 e. The molecule has 0 fully saturated rings. The molecule has 8 heteroatoms. The lowest BCUT2D eigenvalue weighted by Crippen LogP contribution is -2.17. The highest BCUT2D eigenvalue weighted by atomic mass is 35.5. The molecule has 0 N–H and O–H groups in total. The standard InChI is InChI=1S/C8HCl2F5O/c9-8(10)7(16)1-2(11)4(13)6(15)5(14)3(1)12/h8H. The highest BCUT2D eigenvalue weighted by Gasteiger charge is 2.31. The van der Waals surface area contributed by atoms with Gasteiger partial charge in [-0.1, -0.05) is 23.2 Å². The molecule has 1 aromatic rings. The van der Waals surface area contributed by atoms with E-state index in [2.05, 4.69) is 0 Å². The van der Waals surface area contributed by atoms with Crippen LogP contribution >= 0.6 is 23.2 Å². The Balaban J connectivity index is 3.58. The topological polar surface area (TPSA) is 17.1 Å². The van der Waals surface area contributed by atoms with Crippen molar-refractivity contribution in [2.75, 3.05) is 0 Å². The van der Waals surface area contributed by atoms with Crippen LogP contribution in [0.5, 0.6) is 0 Å². The Labute approximate surface area is 95.8 Å². The lowest BCUT2D eigenvalue weighted by molar-refractivity contribution is 0.0995. The van der Waals surface area contributed by atoms with Gasteiger partial charge in [0.05, 0.1) is 5.56 Å². The Morgan fingerprint density at radius 3 is 1.44 bits per heavy atom. The second-order valence-corrected chi connectivity index (χ2v) is 3.71. The SMILES string of the molecule is O=C(c1c(F)c(F)c(F)c(F)c1F)C(Cl)Cl. The predicted octanol–water partition coefficient (Wildman–Crippen LogP) is 3.37. The van der Waals surface area contributed by atoms with E-state index in [1.165, 1.54) is 0 Å². The van der Waals surface area contributed by atoms with Crippen LogP contribution in [0.25, 0.3) is 0 Å². The van der Waals surface area contributed by atoms with Crippen LogP contribution in [0.1, 0.15) is 10.4 Å². The Hall–Kier alpha value is -0.880. The number of benzene rings is 1. The van der Waals surface area contributed by atoms with Gasteiger partial charge in [-0.15, -0.1) is 0 Å². The van der Waals surface area contributed by atoms with Gasteiger partial charge in [-0.2, -0.15) is 0 Å². The predicted molar refractivity (Wildman–Crippen MR) is 46.1 cm³/mol. The fraction of sp³-hybridized carbons (Fsp3) is 0.125. The van der Waals surface area contributed by atoms with E-state index in [4.69, 9.17) is 23.2 Å². The van der Waals surface area contributed by atoms with Gasteiger partial charge < -0.3 is 0 Å². The van der Waals surface area contributed by atoms with Crippen LogP contribution in [0.3, 0.4) is 0 Å². The molecule has 0 saturated heterocycles. The van der Waals surface area contributed by atoms with Crippen LogP contribution in [0.4, 0.5) is 22.0 Å². The van der Waals surface area contributed by atoms with Crippen molar-refractivity contribution in [3.05, 3.63) is 34.6 Å². The second-order valence-electron chi connectivity index (χ2n) is 2.61. The van der Waals surface area contributed by atoms with Crippen LogP contribution in [-0.2, 0) is 0 Å². The van der Waals surface area contributed by atoms with Crippen molar-refractivity contribution in [1.82, 2.24) is 0 Å². The molecule has 1 nitrogen and oxygen atoms in total. The van der Waals surface area contributed by atoms with Gasteiger partial charge in [0.15, 0.2) is 28.1 Å². The van der Waals surface area contributed by atoms with Crippen molar-refractivity contribution in [3.8, 4) is 0 Å². The van der Waals surface area contributed by atoms with E-state index in [1.54, 1.807) is 0 Å². The fourth-order valence-corrected chi connectivity index (χ4v) is 1.15. The Morgan fingerprint density at radius 2 is 1.12 bits per heavy atom. The number of carbonyl (C=O) groups is 1. The van der Waals surface area contributed by atoms with E-state index in [0.717, 1.165) is 0 Å². The molecule has 0 aliphatic carbocycles. The van der Waals surface area contributed by atoms with Gasteiger partial charge in [0.2, 0.25) is 11.6 Å². The third kappa shape index (κ3) is 1.99. The van der Waals surface area contributed by atoms with Gasteiger partial charge in [-0.3, -0.25) is 4.79 Å². The number of hydrogen-bond acceptors (Lipinski definition) is 1. The number of halogens is 7. The molecule has 0 bridgehead atoms. The van der Waals surface area contributed by atoms with E-state index in [0.29, 0.717) is 0 Å². The molecular weight excluding hydrogens is 278 g/mol. The lowest BCUT2D eigenvalue weighted by Gasteiger charge is -2.07. The van der Waals surface area contributed by atoms with Gasteiger partial charge in [0.25, 0.3) is 0 Å². The molecule has 0 spiro atoms. The Morgan fingerprint density at radius 1 is 0.812 bits per heavy atom. The van der Waals surface area contributed by atoms with Crippen molar-refractivity contribution < 1.29 is 26.7 Å². The fourth-order valence-electron chi connectivity index (χ4n) is 0.930. The molecule has 0 heterocycles. The summed E-state index contributed by atoms with van der Waals surface area (Å²) in [7, 11) is 0. The minimum absolute atomic E-state index is 1.60. The van der Waals surface area contributed by atoms with Crippen molar-refractivity contribution >= 4 is 29.0 Å². The first-order chi connectivity index (χ1) is 7.29. The third-order valence-corrected chi connectivity index (χ3v) is 2.05. The average Bonchev–Trinajstić information content (AvgIpc) is 2.23. The van der Waals surface area contributed by atoms with Crippen molar-refractivity contribution in [2.45, 2.75) is 4.84 Å². The maximum atomic E-state index is 13.0. The van der Waals surface area contributed by atoms with Gasteiger partial charge in [-0.25, -0.2) is 22.0 Å². The lowest BCUT2D eigenvalue weighted by atomic mass is 10.1. The minimum Gasteiger partial charge on any atom is -0.291 e. The molecule has 0 radical (unpaired) electrons. The normalized spacial score (nSPS) is 11.0. The van der Waals surface area contributed by atoms with E-state index >= 15 is 0 Å². The van der Waals surface area contributed by atoms with E-state index in [-0.39, 0.29) is 0 Å². The van der Waals surface area contributed by atoms with E-state index < -0.39 is 45.3 Å². The smallest absolute Gasteiger partial charge is 0.201 e. The minimum atomic E-state index is -2.35. The molecule has 0 aliphatic rings. The number of hydrogen-bond donors (Lipinski definition) is 0. The summed E-state index contributed by atoms with van der Waals surface area (Å²) in [4.78, 5) is 9.08. The van der Waals surface area contributed by atoms with Crippen molar-refractivity contribution in [1.29, 1.82) is 0 Å². The quantitative estimate of drug-likeness (QED) is 0.267. The summed E-state index contributed by atoms with van der Waals surface area (Å²) >= 11 is 9.99. The van der Waals surface area contributed by atoms with Gasteiger partial charge >= 0.3 is 0 Å². The first-order valence-electron chi connectivity index (χ1n) is 3.62. The molecule has 1 rings (SSSR count). The summed E-state index contributed by atoms with van der Waals surface area (Å²) in [6, 6.07) is 0. The summed E-state index contributed by atoms with van der Waals surface area (Å²) in [6.07, 6.45) is 0. The van der Waals surface area contributed by atoms with Crippen molar-refractivity contribution in [3.63, 3.8) is 0 Å². The Bertz CT molecular complexity index is 431. The zero-order valence-corrected chi connectivity index (χ0v) is 8.64. The number of ketones is 1. The maximum Gasteiger partial charge on any atom is 0.201 e. The molecule has 0 amide bonds. The van der Waals surface area contributed by atoms with Gasteiger partial charge in [0, 0.05) is 0 Å². The van der Waals surface area contributed by atoms with Crippen LogP contribution in [0.2, 0.25) is 0 Å². The Kier molecular flexibility index (Phi) is 3.75. The molecule has 0 saturated carbocycles. The molecule has 0 atom stereocenters. The second kappa shape index (κ2) is 4.55. The molecule has 0 aliphatic heterocycles. The van der Waals surface area contributed by atoms with Crippen LogP contribution in [-0.4, -0.2) is 10.6 Å². The molecule has 16 heavy (non-hydrogen) atoms. The highest BCUT2D eigenvalue weighted by Crippen LogP contribution is 2.25. The van der Waals surface area contributed by atoms with Crippen LogP contribution in [0.15, 0.2) is 0 Å². The van der Waals surface area contributed by atoms with Crippen LogP contribution in [0, 0.1) is 29.1 Å². The van der Waals surface area contributed by atoms with Crippen molar-refractivity contribution in [2.24, 2.45) is 0 Å². The molecule has 0 unspecified atom stereocenters. The van der Waals surface area contributed by atoms with E-state index in [9.17, 15) is 26.7 Å². The number of Topliss-reactive ketones (excluding diaryl/α,β-unsaturated/α-hetero) is 1. The first-order valence-corrected chi connectivity index (χ1v) is 4.50. The molecule has 1 aromatic carbocycles. The van der Waals surface area contributed by atoms with Gasteiger partial charge in [-0.05, 0) is 0 Å². The number of carbonyl (C=O) groups excluding carboxylic acids is 1. The zero-order valence-electron chi connectivity index (χ0n) is 7.13. The van der Waals surface area contributed by atoms with Gasteiger partial charge in [0.1, 0.15) is 0 Å². The summed E-state index contributed by atoms with van der Waals surface area (Å²) < 4.78 is 63.7. The first kappa shape index (κ1) is 13.2. The average molecular weight is 279 g/mol. The zero-order chi connectivity index (χ0) is 12.6. The number of alkyl halides is 2. The van der Waals surface area contributed by atoms with Crippen LogP contribution < -0.4 is 0 Å². The summed E-state index contributed by atoms with van der Waals surface area (Å²) in [5.41, 5.74) is -1.65.